The lowest BCUT2D eigenvalue weighted by Crippen LogP contribution is -2.31. The van der Waals surface area contributed by atoms with Gasteiger partial charge in [-0.3, -0.25) is 4.79 Å². The van der Waals surface area contributed by atoms with Gasteiger partial charge in [0, 0.05) is 36.1 Å². The highest BCUT2D eigenvalue weighted by Crippen LogP contribution is 2.22. The van der Waals surface area contributed by atoms with Crippen molar-refractivity contribution in [2.45, 2.75) is 59.0 Å². The van der Waals surface area contributed by atoms with Gasteiger partial charge in [0.05, 0.1) is 0 Å². The standard InChI is InChI=1S/C18H26N2O/c1-4-14(3)19-18(21)12-8-9-15-13-20(5-2)17-11-7-6-10-16(15)17/h6-7,10-11,13-14H,4-5,8-9,12H2,1-3H3,(H,19,21)/t14-/m0/s1. The van der Waals surface area contributed by atoms with E-state index < -0.39 is 0 Å². The zero-order valence-electron chi connectivity index (χ0n) is 13.4. The third-order valence-corrected chi connectivity index (χ3v) is 4.08. The molecule has 1 atom stereocenters. The lowest BCUT2D eigenvalue weighted by atomic mass is 10.1. The number of amides is 1. The fraction of sp³-hybridized carbons (Fsp3) is 0.500. The first-order valence-electron chi connectivity index (χ1n) is 8.01. The van der Waals surface area contributed by atoms with Crippen molar-refractivity contribution in [3.05, 3.63) is 36.0 Å². The van der Waals surface area contributed by atoms with Crippen LogP contribution in [0.25, 0.3) is 10.9 Å². The van der Waals surface area contributed by atoms with Crippen LogP contribution in [0.3, 0.4) is 0 Å². The molecule has 1 heterocycles. The van der Waals surface area contributed by atoms with Gasteiger partial charge in [0.1, 0.15) is 0 Å². The normalized spacial score (nSPS) is 12.5. The molecule has 1 aromatic heterocycles. The minimum Gasteiger partial charge on any atom is -0.354 e. The average molecular weight is 286 g/mol. The first-order chi connectivity index (χ1) is 10.2. The fourth-order valence-corrected chi connectivity index (χ4v) is 2.67. The van der Waals surface area contributed by atoms with Gasteiger partial charge < -0.3 is 9.88 Å². The van der Waals surface area contributed by atoms with Gasteiger partial charge in [-0.1, -0.05) is 25.1 Å². The zero-order chi connectivity index (χ0) is 15.2. The van der Waals surface area contributed by atoms with E-state index in [4.69, 9.17) is 0 Å². The highest BCUT2D eigenvalue weighted by atomic mass is 16.1. The van der Waals surface area contributed by atoms with E-state index in [0.29, 0.717) is 6.42 Å². The number of fused-ring (bicyclic) bond motifs is 1. The Hall–Kier alpha value is -1.77. The topological polar surface area (TPSA) is 34.0 Å². The summed E-state index contributed by atoms with van der Waals surface area (Å²) in [6.07, 6.45) is 5.68. The van der Waals surface area contributed by atoms with E-state index in [-0.39, 0.29) is 11.9 Å². The number of hydrogen-bond acceptors (Lipinski definition) is 1. The summed E-state index contributed by atoms with van der Waals surface area (Å²) in [7, 11) is 0. The molecule has 0 saturated heterocycles. The number of nitrogens with zero attached hydrogens (tertiary/aromatic N) is 1. The molecule has 0 aliphatic carbocycles. The van der Waals surface area contributed by atoms with Gasteiger partial charge in [-0.25, -0.2) is 0 Å². The maximum atomic E-state index is 11.8. The lowest BCUT2D eigenvalue weighted by molar-refractivity contribution is -0.121. The molecular formula is C18H26N2O. The van der Waals surface area contributed by atoms with Crippen LogP contribution in [-0.2, 0) is 17.8 Å². The summed E-state index contributed by atoms with van der Waals surface area (Å²) in [4.78, 5) is 11.8. The second-order valence-electron chi connectivity index (χ2n) is 5.69. The second kappa shape index (κ2) is 7.30. The Morgan fingerprint density at radius 2 is 2.05 bits per heavy atom. The van der Waals surface area contributed by atoms with Crippen molar-refractivity contribution in [1.82, 2.24) is 9.88 Å². The summed E-state index contributed by atoms with van der Waals surface area (Å²) in [6, 6.07) is 8.78. The summed E-state index contributed by atoms with van der Waals surface area (Å²) >= 11 is 0. The molecule has 0 bridgehead atoms. The summed E-state index contributed by atoms with van der Waals surface area (Å²) in [6.45, 7) is 7.28. The Morgan fingerprint density at radius 1 is 1.29 bits per heavy atom. The van der Waals surface area contributed by atoms with E-state index in [1.165, 1.54) is 16.5 Å². The van der Waals surface area contributed by atoms with E-state index in [1.807, 2.05) is 6.92 Å². The van der Waals surface area contributed by atoms with Crippen LogP contribution >= 0.6 is 0 Å². The molecule has 0 fully saturated rings. The fourth-order valence-electron chi connectivity index (χ4n) is 2.67. The molecule has 0 spiro atoms. The van der Waals surface area contributed by atoms with Gasteiger partial charge in [0.2, 0.25) is 5.91 Å². The third kappa shape index (κ3) is 3.87. The van der Waals surface area contributed by atoms with Crippen LogP contribution in [0.5, 0.6) is 0 Å². The number of carbonyl (C=O) groups excluding carboxylic acids is 1. The van der Waals surface area contributed by atoms with Gasteiger partial charge in [0.15, 0.2) is 0 Å². The van der Waals surface area contributed by atoms with Crippen molar-refractivity contribution in [3.63, 3.8) is 0 Å². The Bertz CT molecular complexity index is 600. The zero-order valence-corrected chi connectivity index (χ0v) is 13.4. The smallest absolute Gasteiger partial charge is 0.220 e. The number of aryl methyl sites for hydroxylation is 2. The molecule has 21 heavy (non-hydrogen) atoms. The van der Waals surface area contributed by atoms with Crippen molar-refractivity contribution in [2.24, 2.45) is 0 Å². The highest BCUT2D eigenvalue weighted by molar-refractivity contribution is 5.84. The minimum absolute atomic E-state index is 0.170. The Labute approximate surface area is 127 Å². The van der Waals surface area contributed by atoms with Crippen LogP contribution < -0.4 is 5.32 Å². The molecule has 0 unspecified atom stereocenters. The number of carbonyl (C=O) groups is 1. The van der Waals surface area contributed by atoms with Crippen LogP contribution in [0, 0.1) is 0 Å². The SMILES string of the molecule is CC[C@H](C)NC(=O)CCCc1cn(CC)c2ccccc12. The molecule has 3 heteroatoms. The van der Waals surface area contributed by atoms with Gasteiger partial charge in [-0.2, -0.15) is 0 Å². The van der Waals surface area contributed by atoms with Crippen LogP contribution in [0.15, 0.2) is 30.5 Å². The Balaban J connectivity index is 1.96. The molecule has 2 aromatic rings. The number of para-hydroxylation sites is 1. The van der Waals surface area contributed by atoms with Crippen LogP contribution in [0.4, 0.5) is 0 Å². The maximum absolute atomic E-state index is 11.8. The monoisotopic (exact) mass is 286 g/mol. The van der Waals surface area contributed by atoms with Crippen molar-refractivity contribution >= 4 is 16.8 Å². The highest BCUT2D eigenvalue weighted by Gasteiger charge is 2.09. The molecular weight excluding hydrogens is 260 g/mol. The minimum atomic E-state index is 0.170. The maximum Gasteiger partial charge on any atom is 0.220 e. The first kappa shape index (κ1) is 15.6. The van der Waals surface area contributed by atoms with Gasteiger partial charge in [-0.05, 0) is 44.7 Å². The number of benzene rings is 1. The van der Waals surface area contributed by atoms with E-state index in [1.54, 1.807) is 0 Å². The van der Waals surface area contributed by atoms with Crippen molar-refractivity contribution in [1.29, 1.82) is 0 Å². The molecule has 0 saturated carbocycles. The van der Waals surface area contributed by atoms with E-state index >= 15 is 0 Å². The Kier molecular flexibility index (Phi) is 5.43. The Morgan fingerprint density at radius 3 is 2.76 bits per heavy atom. The third-order valence-electron chi connectivity index (χ3n) is 4.08. The molecule has 114 valence electrons. The van der Waals surface area contributed by atoms with E-state index in [2.05, 4.69) is 54.2 Å². The molecule has 1 amide bonds. The summed E-state index contributed by atoms with van der Waals surface area (Å²) in [5.41, 5.74) is 2.64. The summed E-state index contributed by atoms with van der Waals surface area (Å²) < 4.78 is 2.28. The van der Waals surface area contributed by atoms with Crippen LogP contribution in [0.1, 0.15) is 45.6 Å². The number of rotatable bonds is 7. The number of aromatic nitrogens is 1. The molecule has 0 aliphatic heterocycles. The van der Waals surface area contributed by atoms with Crippen molar-refractivity contribution in [3.8, 4) is 0 Å². The molecule has 2 rings (SSSR count). The van der Waals surface area contributed by atoms with E-state index in [9.17, 15) is 4.79 Å². The van der Waals surface area contributed by atoms with Gasteiger partial charge in [0.25, 0.3) is 0 Å². The van der Waals surface area contributed by atoms with Crippen LogP contribution in [-0.4, -0.2) is 16.5 Å². The van der Waals surface area contributed by atoms with Gasteiger partial charge >= 0.3 is 0 Å². The van der Waals surface area contributed by atoms with E-state index in [0.717, 1.165) is 25.8 Å². The predicted octanol–water partition coefficient (Wildman–Crippen LogP) is 3.90. The first-order valence-corrected chi connectivity index (χ1v) is 8.01. The largest absolute Gasteiger partial charge is 0.354 e. The lowest BCUT2D eigenvalue weighted by Gasteiger charge is -2.10. The number of nitrogens with one attached hydrogen (secondary N) is 1. The summed E-state index contributed by atoms with van der Waals surface area (Å²) in [5.74, 6) is 0.170. The molecule has 1 N–H and O–H groups in total. The average Bonchev–Trinajstić information content (AvgIpc) is 2.85. The number of hydrogen-bond donors (Lipinski definition) is 1. The molecule has 1 aromatic carbocycles. The van der Waals surface area contributed by atoms with Gasteiger partial charge in [-0.15, -0.1) is 0 Å². The van der Waals surface area contributed by atoms with Crippen molar-refractivity contribution < 1.29 is 4.79 Å². The predicted molar refractivity (Wildman–Crippen MR) is 88.4 cm³/mol. The summed E-state index contributed by atoms with van der Waals surface area (Å²) in [5, 5.41) is 4.35. The van der Waals surface area contributed by atoms with Crippen LogP contribution in [0.2, 0.25) is 0 Å². The molecule has 0 radical (unpaired) electrons. The van der Waals surface area contributed by atoms with Crippen molar-refractivity contribution in [2.75, 3.05) is 0 Å². The molecule has 0 aliphatic rings. The molecule has 3 nitrogen and oxygen atoms in total. The quantitative estimate of drug-likeness (QED) is 0.823. The second-order valence-corrected chi connectivity index (χ2v) is 5.69.